The topological polar surface area (TPSA) is 41.5 Å². The van der Waals surface area contributed by atoms with Gasteiger partial charge in [0.1, 0.15) is 9.86 Å². The SMILES string of the molecule is CCCSc1nc(SCCN2CCOCC2)c2c3c(sc2n1)CN(C)CC3. The van der Waals surface area contributed by atoms with Crippen LogP contribution < -0.4 is 0 Å². The van der Waals surface area contributed by atoms with E-state index in [2.05, 4.69) is 23.8 Å². The van der Waals surface area contributed by atoms with Gasteiger partial charge >= 0.3 is 0 Å². The zero-order valence-corrected chi connectivity index (χ0v) is 18.6. The second kappa shape index (κ2) is 9.41. The van der Waals surface area contributed by atoms with Gasteiger partial charge in [-0.1, -0.05) is 18.7 Å². The van der Waals surface area contributed by atoms with Crippen molar-refractivity contribution in [2.45, 2.75) is 36.5 Å². The second-order valence-corrected chi connectivity index (χ2v) is 10.4. The van der Waals surface area contributed by atoms with Crippen LogP contribution in [0.5, 0.6) is 0 Å². The Labute approximate surface area is 174 Å². The van der Waals surface area contributed by atoms with Crippen LogP contribution in [-0.2, 0) is 17.7 Å². The molecule has 8 heteroatoms. The first-order valence-electron chi connectivity index (χ1n) is 9.81. The highest BCUT2D eigenvalue weighted by Gasteiger charge is 2.23. The third-order valence-electron chi connectivity index (χ3n) is 5.02. The standard InChI is InChI=1S/C19H28N4OS3/c1-3-11-26-19-20-17(25-12-8-23-6-9-24-10-7-23)16-14-4-5-22(2)13-15(14)27-18(16)21-19/h3-13H2,1-2H3. The summed E-state index contributed by atoms with van der Waals surface area (Å²) in [6, 6.07) is 0. The summed E-state index contributed by atoms with van der Waals surface area (Å²) in [5.41, 5.74) is 1.51. The van der Waals surface area contributed by atoms with Crippen molar-refractivity contribution in [1.29, 1.82) is 0 Å². The lowest BCUT2D eigenvalue weighted by atomic mass is 10.1. The van der Waals surface area contributed by atoms with E-state index in [1.165, 1.54) is 25.7 Å². The predicted molar refractivity (Wildman–Crippen MR) is 116 cm³/mol. The zero-order valence-electron chi connectivity index (χ0n) is 16.2. The molecule has 5 nitrogen and oxygen atoms in total. The van der Waals surface area contributed by atoms with Crippen molar-refractivity contribution in [1.82, 2.24) is 19.8 Å². The Morgan fingerprint density at radius 2 is 1.96 bits per heavy atom. The van der Waals surface area contributed by atoms with Crippen LogP contribution in [0.15, 0.2) is 10.2 Å². The number of nitrogens with zero attached hydrogens (tertiary/aromatic N) is 4. The molecule has 27 heavy (non-hydrogen) atoms. The van der Waals surface area contributed by atoms with E-state index in [0.717, 1.165) is 75.4 Å². The molecule has 4 heterocycles. The molecular weight excluding hydrogens is 396 g/mol. The monoisotopic (exact) mass is 424 g/mol. The molecule has 1 saturated heterocycles. The summed E-state index contributed by atoms with van der Waals surface area (Å²) in [5, 5.41) is 3.50. The summed E-state index contributed by atoms with van der Waals surface area (Å²) in [4.78, 5) is 17.5. The van der Waals surface area contributed by atoms with E-state index >= 15 is 0 Å². The van der Waals surface area contributed by atoms with Gasteiger partial charge in [0.25, 0.3) is 0 Å². The first kappa shape index (κ1) is 19.9. The van der Waals surface area contributed by atoms with Crippen LogP contribution in [0.1, 0.15) is 23.8 Å². The van der Waals surface area contributed by atoms with Gasteiger partial charge in [-0.3, -0.25) is 4.90 Å². The molecule has 0 amide bonds. The fourth-order valence-electron chi connectivity index (χ4n) is 3.53. The maximum absolute atomic E-state index is 5.46. The van der Waals surface area contributed by atoms with Crippen molar-refractivity contribution in [3.8, 4) is 0 Å². The van der Waals surface area contributed by atoms with Crippen molar-refractivity contribution < 1.29 is 4.74 Å². The van der Waals surface area contributed by atoms with E-state index in [1.54, 1.807) is 11.8 Å². The lowest BCUT2D eigenvalue weighted by Gasteiger charge is -2.26. The van der Waals surface area contributed by atoms with Crippen LogP contribution in [0.4, 0.5) is 0 Å². The van der Waals surface area contributed by atoms with E-state index in [9.17, 15) is 0 Å². The lowest BCUT2D eigenvalue weighted by molar-refractivity contribution is 0.0410. The minimum absolute atomic E-state index is 0.867. The smallest absolute Gasteiger partial charge is 0.190 e. The Balaban J connectivity index is 1.57. The van der Waals surface area contributed by atoms with Crippen molar-refractivity contribution in [2.75, 3.05) is 57.9 Å². The normalized spacial score (nSPS) is 18.9. The third kappa shape index (κ3) is 4.79. The number of aromatic nitrogens is 2. The highest BCUT2D eigenvalue weighted by molar-refractivity contribution is 8.00. The minimum Gasteiger partial charge on any atom is -0.379 e. The zero-order chi connectivity index (χ0) is 18.6. The molecule has 2 aromatic rings. The van der Waals surface area contributed by atoms with Gasteiger partial charge in [-0.05, 0) is 25.5 Å². The summed E-state index contributed by atoms with van der Waals surface area (Å²) >= 11 is 5.59. The summed E-state index contributed by atoms with van der Waals surface area (Å²) < 4.78 is 5.46. The lowest BCUT2D eigenvalue weighted by Crippen LogP contribution is -2.37. The molecule has 2 aliphatic heterocycles. The molecule has 0 aromatic carbocycles. The molecule has 1 fully saturated rings. The predicted octanol–water partition coefficient (Wildman–Crippen LogP) is 3.61. The molecule has 0 N–H and O–H groups in total. The second-order valence-electron chi connectivity index (χ2n) is 7.13. The molecule has 0 unspecified atom stereocenters. The Bertz CT molecular complexity index is 776. The molecule has 2 aliphatic rings. The summed E-state index contributed by atoms with van der Waals surface area (Å²) in [6.45, 7) is 9.33. The van der Waals surface area contributed by atoms with Crippen molar-refractivity contribution in [3.05, 3.63) is 10.4 Å². The van der Waals surface area contributed by atoms with Gasteiger partial charge in [0, 0.05) is 54.5 Å². The highest BCUT2D eigenvalue weighted by atomic mass is 32.2. The molecule has 0 radical (unpaired) electrons. The fourth-order valence-corrected chi connectivity index (χ4v) is 6.77. The number of rotatable bonds is 7. The average Bonchev–Trinajstić information content (AvgIpc) is 3.04. The third-order valence-corrected chi connectivity index (χ3v) is 8.14. The fraction of sp³-hybridized carbons (Fsp3) is 0.684. The number of morpholine rings is 1. The maximum Gasteiger partial charge on any atom is 0.190 e. The number of fused-ring (bicyclic) bond motifs is 3. The molecule has 0 spiro atoms. The van der Waals surface area contributed by atoms with Crippen molar-refractivity contribution >= 4 is 45.1 Å². The number of hydrogen-bond acceptors (Lipinski definition) is 8. The van der Waals surface area contributed by atoms with E-state index in [1.807, 2.05) is 23.1 Å². The van der Waals surface area contributed by atoms with E-state index in [-0.39, 0.29) is 0 Å². The number of thioether (sulfide) groups is 2. The highest BCUT2D eigenvalue weighted by Crippen LogP contribution is 2.39. The quantitative estimate of drug-likeness (QED) is 0.382. The number of hydrogen-bond donors (Lipinski definition) is 0. The molecular formula is C19H28N4OS3. The van der Waals surface area contributed by atoms with E-state index in [4.69, 9.17) is 14.7 Å². The Kier molecular flexibility index (Phi) is 6.94. The van der Waals surface area contributed by atoms with Crippen molar-refractivity contribution in [2.24, 2.45) is 0 Å². The number of likely N-dealkylation sites (N-methyl/N-ethyl adjacent to an activating group) is 1. The molecule has 0 bridgehead atoms. The molecule has 2 aromatic heterocycles. The van der Waals surface area contributed by atoms with Crippen LogP contribution in [-0.4, -0.2) is 77.7 Å². The summed E-state index contributed by atoms with van der Waals surface area (Å²) in [5.74, 6) is 2.16. The molecule has 4 rings (SSSR count). The molecule has 0 atom stereocenters. The maximum atomic E-state index is 5.46. The molecule has 0 aliphatic carbocycles. The largest absolute Gasteiger partial charge is 0.379 e. The Hall–Kier alpha value is -0.380. The van der Waals surface area contributed by atoms with Crippen LogP contribution in [0.25, 0.3) is 10.2 Å². The number of thiophene rings is 1. The van der Waals surface area contributed by atoms with Crippen LogP contribution in [0.3, 0.4) is 0 Å². The van der Waals surface area contributed by atoms with Gasteiger partial charge in [-0.25, -0.2) is 9.97 Å². The van der Waals surface area contributed by atoms with Crippen LogP contribution >= 0.6 is 34.9 Å². The minimum atomic E-state index is 0.867. The van der Waals surface area contributed by atoms with Gasteiger partial charge in [0.15, 0.2) is 5.16 Å². The van der Waals surface area contributed by atoms with Gasteiger partial charge in [0.2, 0.25) is 0 Å². The Morgan fingerprint density at radius 3 is 2.78 bits per heavy atom. The summed E-state index contributed by atoms with van der Waals surface area (Å²) in [6.07, 6.45) is 2.27. The van der Waals surface area contributed by atoms with Gasteiger partial charge in [-0.2, -0.15) is 0 Å². The average molecular weight is 425 g/mol. The van der Waals surface area contributed by atoms with E-state index in [0.29, 0.717) is 0 Å². The van der Waals surface area contributed by atoms with Gasteiger partial charge in [-0.15, -0.1) is 23.1 Å². The van der Waals surface area contributed by atoms with Crippen molar-refractivity contribution in [3.63, 3.8) is 0 Å². The number of ether oxygens (including phenoxy) is 1. The van der Waals surface area contributed by atoms with E-state index < -0.39 is 0 Å². The van der Waals surface area contributed by atoms with Crippen LogP contribution in [0.2, 0.25) is 0 Å². The molecule has 148 valence electrons. The molecule has 0 saturated carbocycles. The first-order valence-corrected chi connectivity index (χ1v) is 12.6. The Morgan fingerprint density at radius 1 is 1.11 bits per heavy atom. The summed E-state index contributed by atoms with van der Waals surface area (Å²) in [7, 11) is 2.21. The van der Waals surface area contributed by atoms with Gasteiger partial charge in [0.05, 0.1) is 13.2 Å². The van der Waals surface area contributed by atoms with Crippen LogP contribution in [0, 0.1) is 0 Å². The van der Waals surface area contributed by atoms with Gasteiger partial charge < -0.3 is 9.64 Å². The first-order chi connectivity index (χ1) is 13.2.